The van der Waals surface area contributed by atoms with Crippen LogP contribution >= 0.6 is 23.2 Å². The number of halogens is 2. The van der Waals surface area contributed by atoms with Crippen molar-refractivity contribution in [2.24, 2.45) is 0 Å². The lowest BCUT2D eigenvalue weighted by Crippen LogP contribution is -2.32. The van der Waals surface area contributed by atoms with Crippen LogP contribution in [0.3, 0.4) is 0 Å². The molecular formula is C18H19Cl2N3O3. The van der Waals surface area contributed by atoms with Crippen molar-refractivity contribution < 1.29 is 14.3 Å². The molecule has 0 aliphatic rings. The fourth-order valence-electron chi connectivity index (χ4n) is 2.23. The highest BCUT2D eigenvalue weighted by molar-refractivity contribution is 6.35. The molecule has 8 heteroatoms. The number of nitrogens with one attached hydrogen (secondary N) is 3. The topological polar surface area (TPSA) is 79.5 Å². The fourth-order valence-corrected chi connectivity index (χ4v) is 2.57. The van der Waals surface area contributed by atoms with E-state index in [9.17, 15) is 9.59 Å². The second kappa shape index (κ2) is 8.78. The molecule has 2 rings (SSSR count). The van der Waals surface area contributed by atoms with Gasteiger partial charge >= 0.3 is 0 Å². The van der Waals surface area contributed by atoms with Gasteiger partial charge in [-0.05, 0) is 43.3 Å². The quantitative estimate of drug-likeness (QED) is 0.676. The summed E-state index contributed by atoms with van der Waals surface area (Å²) in [5.41, 5.74) is 1.58. The van der Waals surface area contributed by atoms with E-state index in [4.69, 9.17) is 27.9 Å². The summed E-state index contributed by atoms with van der Waals surface area (Å²) in [5.74, 6) is 0.0446. The molecule has 0 spiro atoms. The number of methoxy groups -OCH3 is 1. The molecule has 0 saturated carbocycles. The zero-order chi connectivity index (χ0) is 19.3. The number of hydrogen-bond donors (Lipinski definition) is 3. The molecule has 0 radical (unpaired) electrons. The highest BCUT2D eigenvalue weighted by Crippen LogP contribution is 2.29. The normalized spacial score (nSPS) is 11.4. The maximum Gasteiger partial charge on any atom is 0.246 e. The van der Waals surface area contributed by atoms with Crippen molar-refractivity contribution in [3.05, 3.63) is 46.4 Å². The van der Waals surface area contributed by atoms with Gasteiger partial charge in [-0.2, -0.15) is 0 Å². The Hall–Kier alpha value is -2.44. The van der Waals surface area contributed by atoms with Crippen molar-refractivity contribution in [2.75, 3.05) is 23.1 Å². The third kappa shape index (κ3) is 5.28. The lowest BCUT2D eigenvalue weighted by atomic mass is 10.2. The fraction of sp³-hybridized carbons (Fsp3) is 0.222. The molecule has 0 heterocycles. The number of amides is 2. The minimum atomic E-state index is -0.605. The summed E-state index contributed by atoms with van der Waals surface area (Å²) < 4.78 is 5.29. The zero-order valence-electron chi connectivity index (χ0n) is 14.5. The Bertz CT molecular complexity index is 827. The van der Waals surface area contributed by atoms with Crippen LogP contribution in [0.2, 0.25) is 10.0 Å². The molecule has 2 aromatic carbocycles. The molecule has 0 bridgehead atoms. The molecule has 6 nitrogen and oxygen atoms in total. The van der Waals surface area contributed by atoms with Gasteiger partial charge in [0.15, 0.2) is 0 Å². The van der Waals surface area contributed by atoms with Crippen molar-refractivity contribution in [3.63, 3.8) is 0 Å². The first-order chi connectivity index (χ1) is 12.3. The number of carbonyl (C=O) groups excluding carboxylic acids is 2. The Morgan fingerprint density at radius 1 is 1.04 bits per heavy atom. The molecule has 0 fully saturated rings. The summed E-state index contributed by atoms with van der Waals surface area (Å²) in [6.45, 7) is 3.11. The van der Waals surface area contributed by atoms with E-state index >= 15 is 0 Å². The van der Waals surface area contributed by atoms with Crippen LogP contribution in [0.25, 0.3) is 0 Å². The summed E-state index contributed by atoms with van der Waals surface area (Å²) in [7, 11) is 1.52. The standard InChI is InChI=1S/C18H19Cl2N3O3/c1-10(18(25)23-15-8-12(19)4-6-14(15)20)21-16-9-13(22-11(2)24)5-7-17(16)26-3/h4-10,21H,1-3H3,(H,22,24)(H,23,25)/t10-/m1/s1. The summed E-state index contributed by atoms with van der Waals surface area (Å²) in [6.07, 6.45) is 0. The van der Waals surface area contributed by atoms with Gasteiger partial charge in [-0.1, -0.05) is 23.2 Å². The average molecular weight is 396 g/mol. The zero-order valence-corrected chi connectivity index (χ0v) is 16.0. The number of benzene rings is 2. The number of hydrogen-bond acceptors (Lipinski definition) is 4. The maximum absolute atomic E-state index is 12.5. The van der Waals surface area contributed by atoms with Gasteiger partial charge in [-0.25, -0.2) is 0 Å². The van der Waals surface area contributed by atoms with Gasteiger partial charge in [0.25, 0.3) is 0 Å². The smallest absolute Gasteiger partial charge is 0.246 e. The van der Waals surface area contributed by atoms with Crippen molar-refractivity contribution in [2.45, 2.75) is 19.9 Å². The van der Waals surface area contributed by atoms with Crippen LogP contribution in [0.1, 0.15) is 13.8 Å². The van der Waals surface area contributed by atoms with Gasteiger partial charge in [0.1, 0.15) is 11.8 Å². The highest BCUT2D eigenvalue weighted by Gasteiger charge is 2.17. The van der Waals surface area contributed by atoms with Crippen LogP contribution in [0.5, 0.6) is 5.75 Å². The van der Waals surface area contributed by atoms with Crippen molar-refractivity contribution in [3.8, 4) is 5.75 Å². The molecule has 26 heavy (non-hydrogen) atoms. The molecule has 0 saturated heterocycles. The Morgan fingerprint density at radius 2 is 1.77 bits per heavy atom. The van der Waals surface area contributed by atoms with E-state index in [0.29, 0.717) is 32.9 Å². The Balaban J connectivity index is 2.14. The molecule has 3 N–H and O–H groups in total. The van der Waals surface area contributed by atoms with Gasteiger partial charge in [-0.15, -0.1) is 0 Å². The van der Waals surface area contributed by atoms with E-state index in [2.05, 4.69) is 16.0 Å². The first kappa shape index (κ1) is 19.9. The van der Waals surface area contributed by atoms with Crippen LogP contribution in [-0.4, -0.2) is 25.0 Å². The van der Waals surface area contributed by atoms with Crippen molar-refractivity contribution in [1.29, 1.82) is 0 Å². The monoisotopic (exact) mass is 395 g/mol. The maximum atomic E-state index is 12.5. The molecule has 1 atom stereocenters. The van der Waals surface area contributed by atoms with E-state index in [1.165, 1.54) is 14.0 Å². The molecular weight excluding hydrogens is 377 g/mol. The first-order valence-electron chi connectivity index (χ1n) is 7.78. The highest BCUT2D eigenvalue weighted by atomic mass is 35.5. The van der Waals surface area contributed by atoms with Gasteiger partial charge in [-0.3, -0.25) is 9.59 Å². The molecule has 0 aliphatic heterocycles. The van der Waals surface area contributed by atoms with Crippen LogP contribution in [0.15, 0.2) is 36.4 Å². The summed E-state index contributed by atoms with van der Waals surface area (Å²) in [5, 5.41) is 9.33. The number of ether oxygens (including phenoxy) is 1. The van der Waals surface area contributed by atoms with Gasteiger partial charge < -0.3 is 20.7 Å². The minimum Gasteiger partial charge on any atom is -0.495 e. The van der Waals surface area contributed by atoms with Crippen LogP contribution in [0, 0.1) is 0 Å². The van der Waals surface area contributed by atoms with Gasteiger partial charge in [0.05, 0.1) is 23.5 Å². The van der Waals surface area contributed by atoms with Crippen LogP contribution in [0.4, 0.5) is 17.1 Å². The number of rotatable bonds is 6. The lowest BCUT2D eigenvalue weighted by Gasteiger charge is -2.18. The molecule has 2 aromatic rings. The summed E-state index contributed by atoms with van der Waals surface area (Å²) >= 11 is 12.0. The first-order valence-corrected chi connectivity index (χ1v) is 8.54. The van der Waals surface area contributed by atoms with Crippen LogP contribution < -0.4 is 20.7 Å². The largest absolute Gasteiger partial charge is 0.495 e. The lowest BCUT2D eigenvalue weighted by molar-refractivity contribution is -0.116. The van der Waals surface area contributed by atoms with E-state index < -0.39 is 6.04 Å². The molecule has 138 valence electrons. The third-order valence-electron chi connectivity index (χ3n) is 3.47. The average Bonchev–Trinajstić information content (AvgIpc) is 2.57. The Morgan fingerprint density at radius 3 is 2.42 bits per heavy atom. The Kier molecular flexibility index (Phi) is 6.71. The van der Waals surface area contributed by atoms with Crippen molar-refractivity contribution in [1.82, 2.24) is 0 Å². The van der Waals surface area contributed by atoms with E-state index in [-0.39, 0.29) is 11.8 Å². The molecule has 0 aliphatic carbocycles. The predicted molar refractivity (Wildman–Crippen MR) is 105 cm³/mol. The predicted octanol–water partition coefficient (Wildman–Crippen LogP) is 4.40. The van der Waals surface area contributed by atoms with Gasteiger partial charge in [0.2, 0.25) is 11.8 Å². The molecule has 0 aromatic heterocycles. The third-order valence-corrected chi connectivity index (χ3v) is 4.04. The summed E-state index contributed by atoms with van der Waals surface area (Å²) in [6, 6.07) is 9.32. The van der Waals surface area contributed by atoms with E-state index in [1.807, 2.05) is 0 Å². The van der Waals surface area contributed by atoms with E-state index in [1.54, 1.807) is 43.3 Å². The Labute approximate surface area is 161 Å². The SMILES string of the molecule is COc1ccc(NC(C)=O)cc1N[C@H](C)C(=O)Nc1cc(Cl)ccc1Cl. The summed E-state index contributed by atoms with van der Waals surface area (Å²) in [4.78, 5) is 23.7. The van der Waals surface area contributed by atoms with E-state index in [0.717, 1.165) is 0 Å². The molecule has 2 amide bonds. The second-order valence-corrected chi connectivity index (χ2v) is 6.42. The number of carbonyl (C=O) groups is 2. The van der Waals surface area contributed by atoms with Gasteiger partial charge in [0, 0.05) is 17.6 Å². The minimum absolute atomic E-state index is 0.192. The van der Waals surface area contributed by atoms with Crippen molar-refractivity contribution >= 4 is 52.1 Å². The second-order valence-electron chi connectivity index (χ2n) is 5.58. The number of anilines is 3. The molecule has 0 unspecified atom stereocenters. The van der Waals surface area contributed by atoms with Crippen LogP contribution in [-0.2, 0) is 9.59 Å².